The molecule has 0 saturated carbocycles. The molecular weight excluding hydrogens is 512 g/mol. The molecule has 38 heavy (non-hydrogen) atoms. The van der Waals surface area contributed by atoms with Gasteiger partial charge in [0, 0.05) is 18.7 Å². The molecule has 4 aromatic rings. The number of imidazole rings is 1. The van der Waals surface area contributed by atoms with Crippen LogP contribution in [0.15, 0.2) is 82.9 Å². The summed E-state index contributed by atoms with van der Waals surface area (Å²) in [6, 6.07) is 20.4. The van der Waals surface area contributed by atoms with Crippen molar-refractivity contribution in [2.45, 2.75) is 5.03 Å². The van der Waals surface area contributed by atoms with E-state index in [1.54, 1.807) is 17.9 Å². The molecule has 2 N–H and O–H groups in total. The van der Waals surface area contributed by atoms with Gasteiger partial charge in [-0.3, -0.25) is 25.7 Å². The topological polar surface area (TPSA) is 166 Å². The molecule has 192 valence electrons. The number of carboxylic acid groups (broad SMARTS) is 1. The first kappa shape index (κ1) is 26.0. The number of benzene rings is 3. The number of carbonyl (C=O) groups is 1. The van der Waals surface area contributed by atoms with Gasteiger partial charge in [0.1, 0.15) is 22.2 Å². The van der Waals surface area contributed by atoms with Crippen molar-refractivity contribution in [3.8, 4) is 22.5 Å². The van der Waals surface area contributed by atoms with E-state index in [1.165, 1.54) is 11.8 Å². The van der Waals surface area contributed by atoms with Gasteiger partial charge >= 0.3 is 11.7 Å². The summed E-state index contributed by atoms with van der Waals surface area (Å²) < 4.78 is 1.59. The number of nitrogens with zero attached hydrogens (tertiary/aromatic N) is 5. The molecule has 3 aromatic carbocycles. The van der Waals surface area contributed by atoms with E-state index in [0.29, 0.717) is 10.9 Å². The van der Waals surface area contributed by atoms with E-state index in [0.717, 1.165) is 34.9 Å². The molecule has 0 fully saturated rings. The molecular formula is C25H20N6O6S. The highest BCUT2D eigenvalue weighted by Crippen LogP contribution is 2.31. The molecule has 0 spiro atoms. The van der Waals surface area contributed by atoms with Crippen molar-refractivity contribution in [2.24, 2.45) is 12.1 Å². The molecule has 0 atom stereocenters. The number of hydrogen-bond donors (Lipinski definition) is 2. The van der Waals surface area contributed by atoms with Crippen molar-refractivity contribution in [1.82, 2.24) is 9.55 Å². The van der Waals surface area contributed by atoms with Crippen LogP contribution in [0.1, 0.15) is 5.69 Å². The van der Waals surface area contributed by atoms with Crippen LogP contribution in [0.4, 0.5) is 17.1 Å². The van der Waals surface area contributed by atoms with E-state index in [1.807, 2.05) is 54.6 Å². The summed E-state index contributed by atoms with van der Waals surface area (Å²) >= 11 is 1.22. The Balaban J connectivity index is 1.73. The Morgan fingerprint density at radius 3 is 2.18 bits per heavy atom. The molecule has 12 nitrogen and oxygen atoms in total. The van der Waals surface area contributed by atoms with Crippen LogP contribution in [-0.4, -0.2) is 42.4 Å². The van der Waals surface area contributed by atoms with Gasteiger partial charge in [0.25, 0.3) is 5.69 Å². The maximum absolute atomic E-state index is 12.2. The highest BCUT2D eigenvalue weighted by Gasteiger charge is 2.26. The Bertz CT molecular complexity index is 1570. The third-order valence-corrected chi connectivity index (χ3v) is 6.28. The normalized spacial score (nSPS) is 11.3. The molecule has 13 heteroatoms. The van der Waals surface area contributed by atoms with Gasteiger partial charge in [-0.05, 0) is 23.4 Å². The van der Waals surface area contributed by atoms with E-state index in [9.17, 15) is 30.1 Å². The van der Waals surface area contributed by atoms with Crippen LogP contribution < -0.4 is 5.43 Å². The van der Waals surface area contributed by atoms with Crippen LogP contribution in [0, 0.1) is 20.2 Å². The lowest BCUT2D eigenvalue weighted by Gasteiger charge is -2.09. The van der Waals surface area contributed by atoms with Gasteiger partial charge in [0.2, 0.25) is 0 Å². The molecule has 0 aliphatic rings. The van der Waals surface area contributed by atoms with Gasteiger partial charge < -0.3 is 9.67 Å². The van der Waals surface area contributed by atoms with Gasteiger partial charge in [-0.2, -0.15) is 5.10 Å². The quantitative estimate of drug-likeness (QED) is 0.128. The number of hydrogen-bond acceptors (Lipinski definition) is 9. The van der Waals surface area contributed by atoms with E-state index in [4.69, 9.17) is 0 Å². The van der Waals surface area contributed by atoms with Crippen molar-refractivity contribution in [3.63, 3.8) is 0 Å². The van der Waals surface area contributed by atoms with E-state index < -0.39 is 32.9 Å². The number of carboxylic acids is 1. The highest BCUT2D eigenvalue weighted by atomic mass is 32.2. The average molecular weight is 533 g/mol. The summed E-state index contributed by atoms with van der Waals surface area (Å²) in [5, 5.41) is 36.7. The first-order valence-corrected chi connectivity index (χ1v) is 12.2. The minimum Gasteiger partial charge on any atom is -0.476 e. The molecule has 0 amide bonds. The second-order valence-corrected chi connectivity index (χ2v) is 8.68. The van der Waals surface area contributed by atoms with Gasteiger partial charge in [0.05, 0.1) is 15.9 Å². The molecule has 0 saturated heterocycles. The van der Waals surface area contributed by atoms with Gasteiger partial charge in [-0.15, -0.1) is 11.8 Å². The molecule has 1 heterocycles. The van der Waals surface area contributed by atoms with Crippen molar-refractivity contribution >= 4 is 40.5 Å². The van der Waals surface area contributed by atoms with Gasteiger partial charge in [0.15, 0.2) is 5.71 Å². The van der Waals surface area contributed by atoms with Crippen molar-refractivity contribution in [3.05, 3.63) is 98.7 Å². The summed E-state index contributed by atoms with van der Waals surface area (Å²) in [4.78, 5) is 37.7. The number of nitro benzene ring substituents is 2. The Labute approximate surface area is 220 Å². The highest BCUT2D eigenvalue weighted by molar-refractivity contribution is 7.98. The minimum absolute atomic E-state index is 0.184. The van der Waals surface area contributed by atoms with Crippen LogP contribution in [0.2, 0.25) is 0 Å². The number of non-ortho nitro benzene ring substituents is 1. The third kappa shape index (κ3) is 5.22. The monoisotopic (exact) mass is 532 g/mol. The van der Waals surface area contributed by atoms with Crippen LogP contribution in [0.25, 0.3) is 22.5 Å². The Morgan fingerprint density at radius 2 is 1.61 bits per heavy atom. The number of hydrazone groups is 1. The average Bonchev–Trinajstić information content (AvgIpc) is 3.25. The summed E-state index contributed by atoms with van der Waals surface area (Å²) in [6.07, 6.45) is 1.74. The standard InChI is InChI=1S/C25H20N6O6S/c1-29-22(21(25(32)33)28-27-19-13-12-18(30(34)35)14-20(19)31(36)37)24(38-2)26-23(29)17-10-8-16(9-11-17)15-6-4-3-5-7-15/h3-14,27H,1-2H3,(H,32,33). The number of anilines is 1. The Morgan fingerprint density at radius 1 is 0.974 bits per heavy atom. The van der Waals surface area contributed by atoms with Crippen molar-refractivity contribution in [2.75, 3.05) is 11.7 Å². The summed E-state index contributed by atoms with van der Waals surface area (Å²) in [5.41, 5.74) is 3.63. The molecule has 0 aliphatic heterocycles. The van der Waals surface area contributed by atoms with Crippen LogP contribution in [0.3, 0.4) is 0 Å². The molecule has 4 rings (SSSR count). The number of rotatable bonds is 9. The summed E-state index contributed by atoms with van der Waals surface area (Å²) in [5.74, 6) is -0.898. The lowest BCUT2D eigenvalue weighted by Crippen LogP contribution is -2.20. The fourth-order valence-electron chi connectivity index (χ4n) is 3.77. The van der Waals surface area contributed by atoms with E-state index in [-0.39, 0.29) is 11.4 Å². The molecule has 0 bridgehead atoms. The maximum Gasteiger partial charge on any atom is 0.358 e. The van der Waals surface area contributed by atoms with Crippen molar-refractivity contribution in [1.29, 1.82) is 0 Å². The molecule has 0 aliphatic carbocycles. The second-order valence-electron chi connectivity index (χ2n) is 7.89. The molecule has 1 aromatic heterocycles. The predicted molar refractivity (Wildman–Crippen MR) is 143 cm³/mol. The smallest absolute Gasteiger partial charge is 0.358 e. The number of thioether (sulfide) groups is 1. The van der Waals surface area contributed by atoms with Crippen LogP contribution >= 0.6 is 11.8 Å². The largest absolute Gasteiger partial charge is 0.476 e. The number of aliphatic carboxylic acids is 1. The molecule has 0 unspecified atom stereocenters. The first-order chi connectivity index (χ1) is 18.2. The fourth-order valence-corrected chi connectivity index (χ4v) is 4.38. The predicted octanol–water partition coefficient (Wildman–Crippen LogP) is 5.19. The number of nitrogens with one attached hydrogen (secondary N) is 1. The maximum atomic E-state index is 12.2. The van der Waals surface area contributed by atoms with E-state index >= 15 is 0 Å². The lowest BCUT2D eigenvalue weighted by molar-refractivity contribution is -0.393. The number of aromatic nitrogens is 2. The SMILES string of the molecule is CSc1nc(-c2ccc(-c3ccccc3)cc2)n(C)c1C(=NNc1ccc([N+](=O)[O-])cc1[N+](=O)[O-])C(=O)O. The Hall–Kier alpha value is -5.04. The Kier molecular flexibility index (Phi) is 7.48. The van der Waals surface area contributed by atoms with Crippen LogP contribution in [0.5, 0.6) is 0 Å². The zero-order valence-electron chi connectivity index (χ0n) is 20.1. The second kappa shape index (κ2) is 10.9. The first-order valence-electron chi connectivity index (χ1n) is 11.0. The zero-order valence-corrected chi connectivity index (χ0v) is 20.9. The van der Waals surface area contributed by atoms with Gasteiger partial charge in [-0.1, -0.05) is 54.6 Å². The molecule has 0 radical (unpaired) electrons. The van der Waals surface area contributed by atoms with E-state index in [2.05, 4.69) is 15.5 Å². The summed E-state index contributed by atoms with van der Waals surface area (Å²) in [7, 11) is 1.65. The van der Waals surface area contributed by atoms with Gasteiger partial charge in [-0.25, -0.2) is 9.78 Å². The third-order valence-electron chi connectivity index (χ3n) is 5.61. The fraction of sp³-hybridized carbons (Fsp3) is 0.0800. The number of nitro groups is 2. The zero-order chi connectivity index (χ0) is 27.4. The minimum atomic E-state index is -1.40. The summed E-state index contributed by atoms with van der Waals surface area (Å²) in [6.45, 7) is 0. The lowest BCUT2D eigenvalue weighted by atomic mass is 10.0. The van der Waals surface area contributed by atoms with Crippen molar-refractivity contribution < 1.29 is 19.7 Å². The van der Waals surface area contributed by atoms with Crippen LogP contribution in [-0.2, 0) is 11.8 Å².